The van der Waals surface area contributed by atoms with E-state index in [1.165, 1.54) is 0 Å². The third kappa shape index (κ3) is 4.97. The minimum absolute atomic E-state index is 0.153. The molecule has 0 saturated carbocycles. The highest BCUT2D eigenvalue weighted by Crippen LogP contribution is 2.22. The first-order valence-corrected chi connectivity index (χ1v) is 8.72. The first-order chi connectivity index (χ1) is 12.2. The zero-order chi connectivity index (χ0) is 19.3. The number of anilines is 1. The maximum atomic E-state index is 12.3. The average Bonchev–Trinajstić information content (AvgIpc) is 2.64. The molecular formula is C19H27N3O4. The van der Waals surface area contributed by atoms with Gasteiger partial charge in [-0.1, -0.05) is 26.8 Å². The van der Waals surface area contributed by atoms with Gasteiger partial charge in [-0.3, -0.25) is 14.4 Å². The molecule has 1 saturated heterocycles. The van der Waals surface area contributed by atoms with E-state index >= 15 is 0 Å². The number of carbonyl (C=O) groups is 3. The molecule has 1 aromatic carbocycles. The average molecular weight is 361 g/mol. The number of methoxy groups -OCH3 is 1. The molecule has 1 aliphatic heterocycles. The number of amides is 2. The molecule has 26 heavy (non-hydrogen) atoms. The van der Waals surface area contributed by atoms with Crippen LogP contribution in [-0.2, 0) is 14.4 Å². The second-order valence-corrected chi connectivity index (χ2v) is 7.33. The van der Waals surface area contributed by atoms with Gasteiger partial charge in [-0.2, -0.15) is 0 Å². The van der Waals surface area contributed by atoms with Crippen molar-refractivity contribution in [2.75, 3.05) is 44.7 Å². The summed E-state index contributed by atoms with van der Waals surface area (Å²) in [6.45, 7) is 7.41. The van der Waals surface area contributed by atoms with Crippen molar-refractivity contribution < 1.29 is 19.1 Å². The number of nitrogens with zero attached hydrogens (tertiary/aromatic N) is 2. The van der Waals surface area contributed by atoms with E-state index in [0.717, 1.165) is 11.4 Å². The molecule has 1 fully saturated rings. The Bertz CT molecular complexity index is 674. The largest absolute Gasteiger partial charge is 0.497 e. The van der Waals surface area contributed by atoms with Crippen LogP contribution in [0.15, 0.2) is 24.3 Å². The predicted octanol–water partition coefficient (Wildman–Crippen LogP) is 1.08. The van der Waals surface area contributed by atoms with E-state index in [1.54, 1.807) is 32.8 Å². The van der Waals surface area contributed by atoms with Crippen LogP contribution in [0.4, 0.5) is 5.69 Å². The van der Waals surface area contributed by atoms with Crippen molar-refractivity contribution in [2.24, 2.45) is 5.41 Å². The molecule has 7 heteroatoms. The Morgan fingerprint density at radius 1 is 1.12 bits per heavy atom. The second kappa shape index (κ2) is 8.21. The molecule has 0 atom stereocenters. The second-order valence-electron chi connectivity index (χ2n) is 7.33. The summed E-state index contributed by atoms with van der Waals surface area (Å²) in [5, 5.41) is 2.43. The Balaban J connectivity index is 1.83. The summed E-state index contributed by atoms with van der Waals surface area (Å²) in [6, 6.07) is 7.81. The molecule has 0 bridgehead atoms. The zero-order valence-corrected chi connectivity index (χ0v) is 15.9. The molecule has 0 aromatic heterocycles. The maximum absolute atomic E-state index is 12.3. The van der Waals surface area contributed by atoms with Crippen molar-refractivity contribution in [3.8, 4) is 5.75 Å². The fourth-order valence-corrected chi connectivity index (χ4v) is 2.71. The van der Waals surface area contributed by atoms with Crippen LogP contribution in [-0.4, -0.2) is 62.3 Å². The molecule has 0 spiro atoms. The van der Waals surface area contributed by atoms with Gasteiger partial charge in [0.1, 0.15) is 5.75 Å². The fraction of sp³-hybridized carbons (Fsp3) is 0.526. The first kappa shape index (κ1) is 19.8. The summed E-state index contributed by atoms with van der Waals surface area (Å²) in [4.78, 5) is 39.8. The smallest absolute Gasteiger partial charge is 0.288 e. The molecule has 7 nitrogen and oxygen atoms in total. The van der Waals surface area contributed by atoms with Crippen molar-refractivity contribution in [1.29, 1.82) is 0 Å². The quantitative estimate of drug-likeness (QED) is 0.794. The highest BCUT2D eigenvalue weighted by Gasteiger charge is 2.29. The van der Waals surface area contributed by atoms with Gasteiger partial charge in [-0.05, 0) is 12.1 Å². The van der Waals surface area contributed by atoms with Gasteiger partial charge in [0.15, 0.2) is 0 Å². The molecule has 0 unspecified atom stereocenters. The number of ether oxygens (including phenoxy) is 1. The van der Waals surface area contributed by atoms with Crippen molar-refractivity contribution in [3.63, 3.8) is 0 Å². The summed E-state index contributed by atoms with van der Waals surface area (Å²) in [5.41, 5.74) is 0.302. The third-order valence-electron chi connectivity index (χ3n) is 4.34. The zero-order valence-electron chi connectivity index (χ0n) is 15.9. The van der Waals surface area contributed by atoms with E-state index in [-0.39, 0.29) is 12.5 Å². The molecule has 1 aromatic rings. The minimum atomic E-state index is -0.754. The highest BCUT2D eigenvalue weighted by molar-refractivity contribution is 6.38. The van der Waals surface area contributed by atoms with Crippen molar-refractivity contribution in [1.82, 2.24) is 10.2 Å². The van der Waals surface area contributed by atoms with Crippen molar-refractivity contribution in [2.45, 2.75) is 20.8 Å². The summed E-state index contributed by atoms with van der Waals surface area (Å²) in [7, 11) is 1.63. The number of Topliss-reactive ketones (excluding diaryl/α,β-unsaturated/α-hetero) is 1. The molecule has 142 valence electrons. The van der Waals surface area contributed by atoms with Gasteiger partial charge < -0.3 is 19.9 Å². The van der Waals surface area contributed by atoms with Crippen LogP contribution >= 0.6 is 0 Å². The molecule has 1 aliphatic rings. The van der Waals surface area contributed by atoms with Crippen LogP contribution in [0.5, 0.6) is 5.75 Å². The molecule has 0 aliphatic carbocycles. The van der Waals surface area contributed by atoms with E-state index in [1.807, 2.05) is 24.3 Å². The summed E-state index contributed by atoms with van der Waals surface area (Å²) >= 11 is 0. The van der Waals surface area contributed by atoms with Gasteiger partial charge in [0, 0.05) is 43.3 Å². The van der Waals surface area contributed by atoms with Crippen LogP contribution in [0.2, 0.25) is 0 Å². The number of carbonyl (C=O) groups excluding carboxylic acids is 3. The number of hydrogen-bond donors (Lipinski definition) is 1. The van der Waals surface area contributed by atoms with E-state index in [0.29, 0.717) is 26.2 Å². The number of hydrogen-bond acceptors (Lipinski definition) is 5. The highest BCUT2D eigenvalue weighted by atomic mass is 16.5. The molecule has 1 heterocycles. The number of nitrogens with one attached hydrogen (secondary N) is 1. The molecule has 0 radical (unpaired) electrons. The molecule has 2 rings (SSSR count). The molecule has 2 amide bonds. The molecular weight excluding hydrogens is 334 g/mol. The van der Waals surface area contributed by atoms with Crippen LogP contribution in [0.3, 0.4) is 0 Å². The van der Waals surface area contributed by atoms with Crippen molar-refractivity contribution in [3.05, 3.63) is 24.3 Å². The first-order valence-electron chi connectivity index (χ1n) is 8.72. The lowest BCUT2D eigenvalue weighted by molar-refractivity contribution is -0.143. The van der Waals surface area contributed by atoms with E-state index < -0.39 is 17.1 Å². The Kier molecular flexibility index (Phi) is 6.23. The fourth-order valence-electron chi connectivity index (χ4n) is 2.71. The van der Waals surface area contributed by atoms with E-state index in [2.05, 4.69) is 10.2 Å². The Labute approximate surface area is 154 Å². The Morgan fingerprint density at radius 3 is 2.35 bits per heavy atom. The Morgan fingerprint density at radius 2 is 1.77 bits per heavy atom. The number of ketones is 1. The van der Waals surface area contributed by atoms with Gasteiger partial charge >= 0.3 is 0 Å². The van der Waals surface area contributed by atoms with Crippen LogP contribution in [0.25, 0.3) is 0 Å². The minimum Gasteiger partial charge on any atom is -0.497 e. The van der Waals surface area contributed by atoms with Crippen molar-refractivity contribution >= 4 is 23.3 Å². The van der Waals surface area contributed by atoms with Crippen LogP contribution in [0.1, 0.15) is 20.8 Å². The van der Waals surface area contributed by atoms with Crippen LogP contribution < -0.4 is 15.0 Å². The lowest BCUT2D eigenvalue weighted by Gasteiger charge is -2.36. The van der Waals surface area contributed by atoms with Gasteiger partial charge in [0.05, 0.1) is 13.7 Å². The lowest BCUT2D eigenvalue weighted by atomic mass is 9.90. The van der Waals surface area contributed by atoms with E-state index in [4.69, 9.17) is 4.74 Å². The Hall–Kier alpha value is -2.57. The summed E-state index contributed by atoms with van der Waals surface area (Å²) in [5.74, 6) is -0.605. The monoisotopic (exact) mass is 361 g/mol. The normalized spacial score (nSPS) is 14.8. The predicted molar refractivity (Wildman–Crippen MR) is 99.3 cm³/mol. The third-order valence-corrected chi connectivity index (χ3v) is 4.34. The topological polar surface area (TPSA) is 79.0 Å². The standard InChI is InChI=1S/C19H27N3O4/c1-19(2,3)17(24)18(25)20-13-16(23)22-10-8-21(9-11-22)14-6-5-7-15(12-14)26-4/h5-7,12H,8-11,13H2,1-4H3,(H,20,25). The number of piperazine rings is 1. The van der Waals surface area contributed by atoms with Crippen LogP contribution in [0, 0.1) is 5.41 Å². The van der Waals surface area contributed by atoms with Gasteiger partial charge in [-0.25, -0.2) is 0 Å². The molecule has 1 N–H and O–H groups in total. The SMILES string of the molecule is COc1cccc(N2CCN(C(=O)CNC(=O)C(=O)C(C)(C)C)CC2)c1. The summed E-state index contributed by atoms with van der Waals surface area (Å²) in [6.07, 6.45) is 0. The van der Waals surface area contributed by atoms with Gasteiger partial charge in [0.25, 0.3) is 5.91 Å². The number of benzene rings is 1. The van der Waals surface area contributed by atoms with E-state index in [9.17, 15) is 14.4 Å². The van der Waals surface area contributed by atoms with Gasteiger partial charge in [-0.15, -0.1) is 0 Å². The maximum Gasteiger partial charge on any atom is 0.288 e. The summed E-state index contributed by atoms with van der Waals surface area (Å²) < 4.78 is 5.24. The van der Waals surface area contributed by atoms with Gasteiger partial charge in [0.2, 0.25) is 11.7 Å². The number of rotatable bonds is 5. The lowest BCUT2D eigenvalue weighted by Crippen LogP contribution is -2.52.